The Morgan fingerprint density at radius 1 is 1.24 bits per heavy atom. The van der Waals surface area contributed by atoms with Gasteiger partial charge in [0, 0.05) is 43.9 Å². The van der Waals surface area contributed by atoms with Crippen LogP contribution in [0.1, 0.15) is 40.3 Å². The van der Waals surface area contributed by atoms with Crippen molar-refractivity contribution in [1.82, 2.24) is 24.3 Å². The molecule has 1 fully saturated rings. The minimum Gasteiger partial charge on any atom is -0.464 e. The fraction of sp³-hybridized carbons (Fsp3) is 0.524. The number of likely N-dealkylation sites (tertiary alicyclic amines) is 1. The molecule has 4 heterocycles. The second kappa shape index (κ2) is 8.04. The maximum Gasteiger partial charge on any atom is 0.358 e. The van der Waals surface area contributed by atoms with E-state index < -0.39 is 5.97 Å². The van der Waals surface area contributed by atoms with Gasteiger partial charge in [-0.1, -0.05) is 6.07 Å². The van der Waals surface area contributed by atoms with Gasteiger partial charge in [0.25, 0.3) is 5.56 Å². The number of hydrogen-bond acceptors (Lipinski definition) is 7. The fourth-order valence-electron chi connectivity index (χ4n) is 4.75. The van der Waals surface area contributed by atoms with Crippen LogP contribution in [-0.4, -0.2) is 71.1 Å². The molecule has 0 radical (unpaired) electrons. The highest BCUT2D eigenvalue weighted by atomic mass is 16.5. The molecule has 0 aromatic carbocycles. The van der Waals surface area contributed by atoms with Crippen molar-refractivity contribution < 1.29 is 9.53 Å². The van der Waals surface area contributed by atoms with Crippen LogP contribution in [0.4, 0.5) is 0 Å². The van der Waals surface area contributed by atoms with E-state index in [1.54, 1.807) is 12.3 Å². The molecule has 2 bridgehead atoms. The van der Waals surface area contributed by atoms with Crippen molar-refractivity contribution in [2.75, 3.05) is 40.8 Å². The summed E-state index contributed by atoms with van der Waals surface area (Å²) in [6, 6.07) is 5.81. The van der Waals surface area contributed by atoms with E-state index in [1.807, 2.05) is 10.6 Å². The zero-order valence-corrected chi connectivity index (χ0v) is 17.1. The van der Waals surface area contributed by atoms with Crippen molar-refractivity contribution in [2.45, 2.75) is 24.9 Å². The monoisotopic (exact) mass is 397 g/mol. The Bertz CT molecular complexity index is 940. The van der Waals surface area contributed by atoms with Gasteiger partial charge < -0.3 is 14.2 Å². The second-order valence-corrected chi connectivity index (χ2v) is 8.26. The van der Waals surface area contributed by atoms with Crippen LogP contribution in [0.5, 0.6) is 0 Å². The number of rotatable bonds is 5. The molecule has 0 saturated carbocycles. The van der Waals surface area contributed by atoms with E-state index in [0.717, 1.165) is 37.4 Å². The lowest BCUT2D eigenvalue weighted by molar-refractivity contribution is 0.0593. The summed E-state index contributed by atoms with van der Waals surface area (Å²) < 4.78 is 6.71. The van der Waals surface area contributed by atoms with E-state index in [-0.39, 0.29) is 17.3 Å². The topological polar surface area (TPSA) is 80.6 Å². The van der Waals surface area contributed by atoms with Crippen LogP contribution in [0.15, 0.2) is 35.4 Å². The summed E-state index contributed by atoms with van der Waals surface area (Å²) in [6.07, 6.45) is 4.22. The highest BCUT2D eigenvalue weighted by molar-refractivity contribution is 5.86. The molecule has 3 atom stereocenters. The average Bonchev–Trinajstić information content (AvgIpc) is 2.71. The van der Waals surface area contributed by atoms with E-state index in [9.17, 15) is 9.59 Å². The van der Waals surface area contributed by atoms with Gasteiger partial charge in [0.05, 0.1) is 31.2 Å². The molecule has 2 aliphatic rings. The third-order valence-corrected chi connectivity index (χ3v) is 5.91. The molecule has 0 aliphatic carbocycles. The van der Waals surface area contributed by atoms with Crippen LogP contribution in [-0.2, 0) is 11.3 Å². The number of methoxy groups -OCH3 is 1. The van der Waals surface area contributed by atoms with Gasteiger partial charge in [0.1, 0.15) is 0 Å². The van der Waals surface area contributed by atoms with Crippen molar-refractivity contribution >= 4 is 5.97 Å². The maximum absolute atomic E-state index is 12.6. The molecule has 2 aromatic rings. The normalized spacial score (nSPS) is 23.7. The van der Waals surface area contributed by atoms with Gasteiger partial charge in [-0.25, -0.2) is 9.78 Å². The number of aromatic nitrogens is 3. The third-order valence-electron chi connectivity index (χ3n) is 5.91. The number of carbonyl (C=O) groups excluding carboxylic acids is 1. The smallest absolute Gasteiger partial charge is 0.358 e. The average molecular weight is 397 g/mol. The molecule has 154 valence electrons. The van der Waals surface area contributed by atoms with Crippen LogP contribution in [0.2, 0.25) is 0 Å². The van der Waals surface area contributed by atoms with Gasteiger partial charge >= 0.3 is 5.97 Å². The molecule has 8 heteroatoms. The number of ether oxygens (including phenoxy) is 1. The van der Waals surface area contributed by atoms with Crippen LogP contribution in [0, 0.1) is 5.92 Å². The number of esters is 1. The van der Waals surface area contributed by atoms with Gasteiger partial charge in [0.15, 0.2) is 5.69 Å². The van der Waals surface area contributed by atoms with Gasteiger partial charge in [-0.2, -0.15) is 0 Å². The third kappa shape index (κ3) is 3.95. The Kier molecular flexibility index (Phi) is 5.47. The molecule has 8 nitrogen and oxygen atoms in total. The molecule has 29 heavy (non-hydrogen) atoms. The number of carbonyl (C=O) groups is 1. The van der Waals surface area contributed by atoms with Crippen LogP contribution < -0.4 is 5.56 Å². The SMILES string of the molecule is COC(=O)c1cnc(CN2C[C@H]3C[C@@H](C2)[C@H](CN(C)C)n2c3cccc2=O)cn1. The van der Waals surface area contributed by atoms with E-state index >= 15 is 0 Å². The van der Waals surface area contributed by atoms with E-state index in [1.165, 1.54) is 13.3 Å². The van der Waals surface area contributed by atoms with E-state index in [4.69, 9.17) is 0 Å². The highest BCUT2D eigenvalue weighted by Gasteiger charge is 2.40. The Labute approximate surface area is 170 Å². The summed E-state index contributed by atoms with van der Waals surface area (Å²) in [6.45, 7) is 3.31. The van der Waals surface area contributed by atoms with Crippen molar-refractivity contribution in [3.8, 4) is 0 Å². The molecular weight excluding hydrogens is 370 g/mol. The zero-order valence-electron chi connectivity index (χ0n) is 17.1. The highest BCUT2D eigenvalue weighted by Crippen LogP contribution is 2.41. The second-order valence-electron chi connectivity index (χ2n) is 8.26. The minimum atomic E-state index is -0.481. The first-order chi connectivity index (χ1) is 14.0. The maximum atomic E-state index is 12.6. The Morgan fingerprint density at radius 2 is 2.07 bits per heavy atom. The first-order valence-corrected chi connectivity index (χ1v) is 9.94. The lowest BCUT2D eigenvalue weighted by atomic mass is 9.78. The molecule has 2 aliphatic heterocycles. The van der Waals surface area contributed by atoms with Crippen LogP contribution in [0.3, 0.4) is 0 Å². The summed E-state index contributed by atoms with van der Waals surface area (Å²) in [5.41, 5.74) is 2.28. The zero-order chi connectivity index (χ0) is 20.5. The number of piperidine rings is 1. The van der Waals surface area contributed by atoms with E-state index in [0.29, 0.717) is 18.4 Å². The van der Waals surface area contributed by atoms with Gasteiger partial charge in [-0.15, -0.1) is 0 Å². The van der Waals surface area contributed by atoms with Crippen molar-refractivity contribution in [2.24, 2.45) is 5.92 Å². The Balaban J connectivity index is 1.57. The number of likely N-dealkylation sites (N-methyl/N-ethyl adjacent to an activating group) is 1. The molecule has 2 aromatic heterocycles. The summed E-state index contributed by atoms with van der Waals surface area (Å²) in [4.78, 5) is 37.3. The van der Waals surface area contributed by atoms with Crippen molar-refractivity contribution in [1.29, 1.82) is 0 Å². The van der Waals surface area contributed by atoms with Crippen LogP contribution >= 0.6 is 0 Å². The van der Waals surface area contributed by atoms with Crippen molar-refractivity contribution in [3.63, 3.8) is 0 Å². The molecule has 0 amide bonds. The summed E-state index contributed by atoms with van der Waals surface area (Å²) in [5.74, 6) is 0.263. The predicted molar refractivity (Wildman–Crippen MR) is 108 cm³/mol. The molecule has 0 spiro atoms. The molecule has 1 saturated heterocycles. The first kappa shape index (κ1) is 19.7. The summed E-state index contributed by atoms with van der Waals surface area (Å²) >= 11 is 0. The number of nitrogens with zero attached hydrogens (tertiary/aromatic N) is 5. The standard InChI is InChI=1S/C21H27N5O3/c1-24(2)13-19-15-7-14(18-5-4-6-20(27)26(18)19)10-25(11-15)12-16-8-23-17(9-22-16)21(28)29-3/h4-6,8-9,14-15,19H,7,10-13H2,1-3H3/t14-,15+,19+/m1/s1. The summed E-state index contributed by atoms with van der Waals surface area (Å²) in [7, 11) is 5.44. The predicted octanol–water partition coefficient (Wildman–Crippen LogP) is 1.15. The Morgan fingerprint density at radius 3 is 2.76 bits per heavy atom. The lowest BCUT2D eigenvalue weighted by Gasteiger charge is -2.47. The summed E-state index contributed by atoms with van der Waals surface area (Å²) in [5, 5.41) is 0. The largest absolute Gasteiger partial charge is 0.464 e. The fourth-order valence-corrected chi connectivity index (χ4v) is 4.75. The van der Waals surface area contributed by atoms with Gasteiger partial charge in [-0.05, 0) is 32.5 Å². The van der Waals surface area contributed by atoms with E-state index in [2.05, 4.69) is 44.7 Å². The number of pyridine rings is 1. The molecular formula is C21H27N5O3. The quantitative estimate of drug-likeness (QED) is 0.700. The molecule has 0 unspecified atom stereocenters. The molecule has 4 rings (SSSR count). The lowest BCUT2D eigenvalue weighted by Crippen LogP contribution is -2.51. The van der Waals surface area contributed by atoms with Gasteiger partial charge in [0.2, 0.25) is 0 Å². The number of fused-ring (bicyclic) bond motifs is 4. The Hall–Kier alpha value is -2.58. The molecule has 0 N–H and O–H groups in total. The number of hydrogen-bond donors (Lipinski definition) is 0. The van der Waals surface area contributed by atoms with Crippen LogP contribution in [0.25, 0.3) is 0 Å². The van der Waals surface area contributed by atoms with Gasteiger partial charge in [-0.3, -0.25) is 14.7 Å². The minimum absolute atomic E-state index is 0.0989. The van der Waals surface area contributed by atoms with Crippen molar-refractivity contribution in [3.05, 3.63) is 58.0 Å². The first-order valence-electron chi connectivity index (χ1n) is 9.94.